The van der Waals surface area contributed by atoms with Gasteiger partial charge in [-0.2, -0.15) is 0 Å². The van der Waals surface area contributed by atoms with Gasteiger partial charge in [0.1, 0.15) is 0 Å². The van der Waals surface area contributed by atoms with Crippen molar-refractivity contribution >= 4 is 33.9 Å². The molecule has 0 atom stereocenters. The van der Waals surface area contributed by atoms with E-state index < -0.39 is 0 Å². The summed E-state index contributed by atoms with van der Waals surface area (Å²) < 4.78 is 0.931. The lowest BCUT2D eigenvalue weighted by Gasteiger charge is -2.22. The fourth-order valence-electron chi connectivity index (χ4n) is 0.463. The second-order valence-electron chi connectivity index (χ2n) is 3.35. The van der Waals surface area contributed by atoms with Gasteiger partial charge in [-0.15, -0.1) is 17.0 Å². The summed E-state index contributed by atoms with van der Waals surface area (Å²) in [4.78, 5) is 10.5. The van der Waals surface area contributed by atoms with E-state index in [9.17, 15) is 4.79 Å². The van der Waals surface area contributed by atoms with Crippen LogP contribution >= 0.6 is 28.7 Å². The highest BCUT2D eigenvalue weighted by Crippen LogP contribution is 2.02. The highest BCUT2D eigenvalue weighted by atomic mass is 79.9. The third kappa shape index (κ3) is 13.5. The summed E-state index contributed by atoms with van der Waals surface area (Å²) in [5, 5.41) is 0.216. The normalized spacial score (nSPS) is 10.5. The Balaban J connectivity index is 0. The van der Waals surface area contributed by atoms with Gasteiger partial charge in [0.05, 0.1) is 33.4 Å². The topological polar surface area (TPSA) is 17.1 Å². The van der Waals surface area contributed by atoms with E-state index in [-0.39, 0.29) is 22.1 Å². The Hall–Kier alpha value is 0.460. The van der Waals surface area contributed by atoms with Crippen LogP contribution in [0.5, 0.6) is 0 Å². The van der Waals surface area contributed by atoms with Gasteiger partial charge < -0.3 is 4.48 Å². The third-order valence-electron chi connectivity index (χ3n) is 1.07. The molecule has 0 spiro atoms. The van der Waals surface area contributed by atoms with Crippen molar-refractivity contribution < 1.29 is 9.28 Å². The lowest BCUT2D eigenvalue weighted by atomic mass is 10.6. The maximum absolute atomic E-state index is 10.5. The zero-order valence-corrected chi connectivity index (χ0v) is 10.1. The first-order valence-corrected chi connectivity index (χ1v) is 4.34. The molecule has 0 unspecified atom stereocenters. The van der Waals surface area contributed by atoms with E-state index in [0.29, 0.717) is 0 Å². The lowest BCUT2D eigenvalue weighted by molar-refractivity contribution is -0.867. The molecule has 11 heavy (non-hydrogen) atoms. The van der Waals surface area contributed by atoms with Crippen molar-refractivity contribution in [2.24, 2.45) is 0 Å². The molecule has 0 heterocycles. The Bertz CT molecular complexity index is 122. The number of nitrogens with zero attached hydrogens (tertiary/aromatic N) is 1. The molecule has 0 saturated heterocycles. The van der Waals surface area contributed by atoms with E-state index in [0.717, 1.165) is 16.8 Å². The van der Waals surface area contributed by atoms with Crippen LogP contribution in [0.4, 0.5) is 0 Å². The van der Waals surface area contributed by atoms with Crippen LogP contribution < -0.4 is 0 Å². The summed E-state index contributed by atoms with van der Waals surface area (Å²) in [5.74, 6) is 0.929. The number of carbonyl (C=O) groups is 1. The van der Waals surface area contributed by atoms with E-state index in [1.54, 1.807) is 6.92 Å². The highest BCUT2D eigenvalue weighted by Gasteiger charge is 2.06. The summed E-state index contributed by atoms with van der Waals surface area (Å²) in [6, 6.07) is 0. The number of quaternary nitrogens is 1. The number of carbonyl (C=O) groups excluding carboxylic acids is 1. The van der Waals surface area contributed by atoms with Gasteiger partial charge in [-0.3, -0.25) is 4.79 Å². The third-order valence-corrected chi connectivity index (χ3v) is 1.86. The highest BCUT2D eigenvalue weighted by molar-refractivity contribution is 8.93. The minimum atomic E-state index is 0. The SMILES string of the molecule is Br.CC(=O)SCC[N+](C)(C)C. The van der Waals surface area contributed by atoms with Crippen LogP contribution in [-0.2, 0) is 4.79 Å². The molecule has 0 aromatic heterocycles. The summed E-state index contributed by atoms with van der Waals surface area (Å²) in [7, 11) is 6.38. The molecular formula is C7H17BrNOS+. The summed E-state index contributed by atoms with van der Waals surface area (Å²) in [6.07, 6.45) is 0. The monoisotopic (exact) mass is 242 g/mol. The van der Waals surface area contributed by atoms with Crippen LogP contribution in [0.25, 0.3) is 0 Å². The summed E-state index contributed by atoms with van der Waals surface area (Å²) >= 11 is 1.40. The molecule has 0 radical (unpaired) electrons. The first-order valence-electron chi connectivity index (χ1n) is 3.35. The van der Waals surface area contributed by atoms with Gasteiger partial charge in [-0.25, -0.2) is 0 Å². The summed E-state index contributed by atoms with van der Waals surface area (Å²) in [6.45, 7) is 2.66. The van der Waals surface area contributed by atoms with Crippen molar-refractivity contribution in [1.29, 1.82) is 0 Å². The average Bonchev–Trinajstić information content (AvgIpc) is 1.59. The summed E-state index contributed by atoms with van der Waals surface area (Å²) in [5.41, 5.74) is 0. The number of thioether (sulfide) groups is 1. The molecule has 0 rings (SSSR count). The zero-order valence-electron chi connectivity index (χ0n) is 7.59. The molecule has 4 heteroatoms. The van der Waals surface area contributed by atoms with Gasteiger partial charge in [-0.1, -0.05) is 11.8 Å². The molecule has 0 amide bonds. The fraction of sp³-hybridized carbons (Fsp3) is 0.857. The minimum absolute atomic E-state index is 0. The van der Waals surface area contributed by atoms with Crippen molar-refractivity contribution in [3.8, 4) is 0 Å². The smallest absolute Gasteiger partial charge is 0.186 e. The van der Waals surface area contributed by atoms with Crippen LogP contribution in [0, 0.1) is 0 Å². The van der Waals surface area contributed by atoms with Gasteiger partial charge >= 0.3 is 0 Å². The van der Waals surface area contributed by atoms with Crippen LogP contribution in [-0.4, -0.2) is 43.0 Å². The molecule has 0 bridgehead atoms. The maximum atomic E-state index is 10.5. The maximum Gasteiger partial charge on any atom is 0.186 e. The molecule has 2 nitrogen and oxygen atoms in total. The van der Waals surface area contributed by atoms with E-state index >= 15 is 0 Å². The van der Waals surface area contributed by atoms with Crippen molar-refractivity contribution in [1.82, 2.24) is 0 Å². The van der Waals surface area contributed by atoms with E-state index in [4.69, 9.17) is 0 Å². The van der Waals surface area contributed by atoms with E-state index in [1.165, 1.54) is 11.8 Å². The Labute approximate surface area is 83.7 Å². The molecule has 68 valence electrons. The van der Waals surface area contributed by atoms with Gasteiger partial charge in [0.15, 0.2) is 5.12 Å². The number of hydrogen-bond acceptors (Lipinski definition) is 2. The number of halogens is 1. The molecule has 0 fully saturated rings. The molecule has 0 N–H and O–H groups in total. The Morgan fingerprint density at radius 2 is 1.82 bits per heavy atom. The molecule has 0 aromatic rings. The minimum Gasteiger partial charge on any atom is -0.330 e. The first-order chi connectivity index (χ1) is 4.42. The molecule has 0 aliphatic heterocycles. The molecule has 0 saturated carbocycles. The number of hydrogen-bond donors (Lipinski definition) is 0. The van der Waals surface area contributed by atoms with E-state index in [1.807, 2.05) is 0 Å². The largest absolute Gasteiger partial charge is 0.330 e. The van der Waals surface area contributed by atoms with Crippen LogP contribution in [0.1, 0.15) is 6.92 Å². The van der Waals surface area contributed by atoms with Gasteiger partial charge in [0, 0.05) is 6.92 Å². The van der Waals surface area contributed by atoms with Crippen LogP contribution in [0.3, 0.4) is 0 Å². The second-order valence-corrected chi connectivity index (χ2v) is 4.63. The standard InChI is InChI=1S/C7H16NOS.BrH/c1-7(9)10-6-5-8(2,3)4;/h5-6H2,1-4H3;1H/q+1;. The van der Waals surface area contributed by atoms with Crippen LogP contribution in [0.15, 0.2) is 0 Å². The van der Waals surface area contributed by atoms with Crippen LogP contribution in [0.2, 0.25) is 0 Å². The average molecular weight is 243 g/mol. The predicted octanol–water partition coefficient (Wildman–Crippen LogP) is 1.55. The van der Waals surface area contributed by atoms with Gasteiger partial charge in [-0.05, 0) is 0 Å². The fourth-order valence-corrected chi connectivity index (χ4v) is 1.39. The Morgan fingerprint density at radius 1 is 1.36 bits per heavy atom. The molecule has 0 aliphatic carbocycles. The molecular weight excluding hydrogens is 226 g/mol. The van der Waals surface area contributed by atoms with Gasteiger partial charge in [0.2, 0.25) is 0 Å². The van der Waals surface area contributed by atoms with E-state index in [2.05, 4.69) is 21.1 Å². The van der Waals surface area contributed by atoms with Crippen molar-refractivity contribution in [3.63, 3.8) is 0 Å². The quantitative estimate of drug-likeness (QED) is 0.699. The predicted molar refractivity (Wildman–Crippen MR) is 56.4 cm³/mol. The van der Waals surface area contributed by atoms with Crippen molar-refractivity contribution in [3.05, 3.63) is 0 Å². The molecule has 0 aliphatic rings. The number of rotatable bonds is 3. The zero-order chi connectivity index (χ0) is 8.20. The van der Waals surface area contributed by atoms with Crippen molar-refractivity contribution in [2.45, 2.75) is 6.92 Å². The Kier molecular flexibility index (Phi) is 7.68. The molecule has 0 aromatic carbocycles. The Morgan fingerprint density at radius 3 is 2.09 bits per heavy atom. The van der Waals surface area contributed by atoms with Gasteiger partial charge in [0.25, 0.3) is 0 Å². The first kappa shape index (κ1) is 14.0. The second kappa shape index (κ2) is 6.03. The lowest BCUT2D eigenvalue weighted by Crippen LogP contribution is -2.36. The van der Waals surface area contributed by atoms with Crippen molar-refractivity contribution in [2.75, 3.05) is 33.4 Å².